The van der Waals surface area contributed by atoms with Crippen LogP contribution in [0.25, 0.3) is 0 Å². The van der Waals surface area contributed by atoms with E-state index < -0.39 is 42.6 Å². The molecule has 0 amide bonds. The normalized spacial score (nSPS) is 12.1. The highest BCUT2D eigenvalue weighted by Gasteiger charge is 2.42. The fraction of sp³-hybridized carbons (Fsp3) is 0.533. The molecule has 7 nitrogen and oxygen atoms in total. The Labute approximate surface area is 172 Å². The topological polar surface area (TPSA) is 112 Å². The van der Waals surface area contributed by atoms with E-state index in [4.69, 9.17) is 18.0 Å². The molecule has 0 bridgehead atoms. The minimum atomic E-state index is -5.04. The number of nitro groups is 2. The molecular weight excluding hydrogens is 439 g/mol. The molecule has 13 heteroatoms. The maximum atomic E-state index is 13.6. The standard InChI is InChI=1S/C15H18F3N3O4S3/c1-14(2,3)28-13(26)27-12-9(15(16,17)18)7-10(20(22)23)8(5-4-6-19)11(12)21(24)25/h7H,4-6,19H2,1-3H3. The van der Waals surface area contributed by atoms with E-state index in [9.17, 15) is 33.4 Å². The summed E-state index contributed by atoms with van der Waals surface area (Å²) in [6.07, 6.45) is -5.10. The van der Waals surface area contributed by atoms with Gasteiger partial charge in [-0.05, 0) is 19.4 Å². The molecule has 0 aromatic heterocycles. The zero-order chi connectivity index (χ0) is 21.9. The number of nitrogens with zero attached hydrogens (tertiary/aromatic N) is 2. The highest BCUT2D eigenvalue weighted by atomic mass is 32.2. The number of rotatable bonds is 6. The number of halogens is 3. The molecule has 1 rings (SSSR count). The van der Waals surface area contributed by atoms with Crippen molar-refractivity contribution in [3.8, 4) is 0 Å². The van der Waals surface area contributed by atoms with Gasteiger partial charge in [0.2, 0.25) is 0 Å². The third kappa shape index (κ3) is 6.57. The van der Waals surface area contributed by atoms with E-state index in [0.717, 1.165) is 11.8 Å². The average Bonchev–Trinajstić information content (AvgIpc) is 2.48. The van der Waals surface area contributed by atoms with E-state index >= 15 is 0 Å². The molecular formula is C15H18F3N3O4S3. The molecule has 0 aliphatic carbocycles. The van der Waals surface area contributed by atoms with E-state index in [1.807, 2.05) is 0 Å². The molecule has 0 aliphatic rings. The maximum Gasteiger partial charge on any atom is 0.418 e. The van der Waals surface area contributed by atoms with Crippen LogP contribution < -0.4 is 5.73 Å². The second kappa shape index (κ2) is 9.37. The van der Waals surface area contributed by atoms with Gasteiger partial charge in [-0.3, -0.25) is 20.2 Å². The molecule has 0 unspecified atom stereocenters. The van der Waals surface area contributed by atoms with Gasteiger partial charge in [0, 0.05) is 10.8 Å². The fourth-order valence-corrected chi connectivity index (χ4v) is 5.64. The van der Waals surface area contributed by atoms with Crippen molar-refractivity contribution in [1.29, 1.82) is 0 Å². The number of hydrogen-bond donors (Lipinski definition) is 1. The van der Waals surface area contributed by atoms with E-state index in [2.05, 4.69) is 0 Å². The molecule has 1 aromatic carbocycles. The van der Waals surface area contributed by atoms with Crippen molar-refractivity contribution in [2.75, 3.05) is 6.54 Å². The van der Waals surface area contributed by atoms with E-state index in [-0.39, 0.29) is 28.5 Å². The number of nitrogens with two attached hydrogens (primary N) is 1. The van der Waals surface area contributed by atoms with Crippen molar-refractivity contribution < 1.29 is 23.0 Å². The molecule has 0 saturated heterocycles. The maximum absolute atomic E-state index is 13.6. The van der Waals surface area contributed by atoms with Crippen molar-refractivity contribution >= 4 is 50.6 Å². The first-order chi connectivity index (χ1) is 12.7. The van der Waals surface area contributed by atoms with Crippen LogP contribution in [0, 0.1) is 20.2 Å². The predicted molar refractivity (Wildman–Crippen MR) is 108 cm³/mol. The molecule has 156 valence electrons. The second-order valence-corrected chi connectivity index (χ2v) is 10.6. The van der Waals surface area contributed by atoms with E-state index in [1.165, 1.54) is 0 Å². The van der Waals surface area contributed by atoms with Crippen molar-refractivity contribution in [2.45, 2.75) is 49.4 Å². The number of benzene rings is 1. The first-order valence-electron chi connectivity index (χ1n) is 7.85. The fourth-order valence-electron chi connectivity index (χ4n) is 2.22. The molecule has 0 fully saturated rings. The van der Waals surface area contributed by atoms with E-state index in [0.29, 0.717) is 17.8 Å². The third-order valence-corrected chi connectivity index (χ3v) is 5.79. The van der Waals surface area contributed by atoms with Crippen molar-refractivity contribution in [2.24, 2.45) is 5.73 Å². The van der Waals surface area contributed by atoms with Gasteiger partial charge in [0.05, 0.1) is 15.4 Å². The number of thiocarbonyl (C=S) groups is 1. The lowest BCUT2D eigenvalue weighted by Crippen LogP contribution is -2.14. The number of alkyl halides is 3. The summed E-state index contributed by atoms with van der Waals surface area (Å²) in [6.45, 7) is 5.42. The van der Waals surface area contributed by atoms with Gasteiger partial charge in [-0.1, -0.05) is 44.8 Å². The Kier molecular flexibility index (Phi) is 8.23. The Morgan fingerprint density at radius 1 is 1.21 bits per heavy atom. The number of nitro benzene ring substituents is 2. The van der Waals surface area contributed by atoms with Gasteiger partial charge < -0.3 is 5.73 Å². The summed E-state index contributed by atoms with van der Waals surface area (Å²) in [5.74, 6) is 0. The molecule has 0 aliphatic heterocycles. The molecule has 0 heterocycles. The lowest BCUT2D eigenvalue weighted by molar-refractivity contribution is -0.397. The second-order valence-electron chi connectivity index (χ2n) is 6.57. The van der Waals surface area contributed by atoms with Crippen LogP contribution in [0.15, 0.2) is 11.0 Å². The Bertz CT molecular complexity index is 795. The summed E-state index contributed by atoms with van der Waals surface area (Å²) >= 11 is 6.61. The molecule has 0 spiro atoms. The molecule has 0 radical (unpaired) electrons. The van der Waals surface area contributed by atoms with Crippen LogP contribution in [0.3, 0.4) is 0 Å². The lowest BCUT2D eigenvalue weighted by atomic mass is 10.0. The SMILES string of the molecule is CC(C)(C)SC(=S)Sc1c(C(F)(F)F)cc([N+](=O)[O-])c(CCCN)c1[N+](=O)[O-]. The van der Waals surface area contributed by atoms with Crippen LogP contribution >= 0.6 is 35.7 Å². The summed E-state index contributed by atoms with van der Waals surface area (Å²) in [5, 5.41) is 23.0. The molecule has 1 aromatic rings. The average molecular weight is 458 g/mol. The Hall–Kier alpha value is -1.44. The summed E-state index contributed by atoms with van der Waals surface area (Å²) in [6, 6.07) is 0.339. The van der Waals surface area contributed by atoms with Crippen LogP contribution in [0.4, 0.5) is 24.5 Å². The minimum absolute atomic E-state index is 0.0414. The predicted octanol–water partition coefficient (Wildman–Crippen LogP) is 5.32. The van der Waals surface area contributed by atoms with E-state index in [1.54, 1.807) is 20.8 Å². The molecule has 0 saturated carbocycles. The summed E-state index contributed by atoms with van der Waals surface area (Å²) in [7, 11) is 0. The van der Waals surface area contributed by atoms with Crippen LogP contribution in [-0.4, -0.2) is 24.7 Å². The zero-order valence-corrected chi connectivity index (χ0v) is 17.6. The van der Waals surface area contributed by atoms with Crippen LogP contribution in [0.5, 0.6) is 0 Å². The highest BCUT2D eigenvalue weighted by Crippen LogP contribution is 2.49. The van der Waals surface area contributed by atoms with Gasteiger partial charge >= 0.3 is 6.18 Å². The van der Waals surface area contributed by atoms with Crippen LogP contribution in [-0.2, 0) is 12.6 Å². The molecule has 0 atom stereocenters. The lowest BCUT2D eigenvalue weighted by Gasteiger charge is -2.19. The smallest absolute Gasteiger partial charge is 0.330 e. The van der Waals surface area contributed by atoms with Gasteiger partial charge in [-0.15, -0.1) is 11.8 Å². The van der Waals surface area contributed by atoms with Crippen molar-refractivity contribution in [3.63, 3.8) is 0 Å². The number of thioether (sulfide) groups is 2. The first-order valence-corrected chi connectivity index (χ1v) is 9.90. The Morgan fingerprint density at radius 2 is 1.79 bits per heavy atom. The zero-order valence-electron chi connectivity index (χ0n) is 15.2. The van der Waals surface area contributed by atoms with Crippen LogP contribution in [0.2, 0.25) is 0 Å². The summed E-state index contributed by atoms with van der Waals surface area (Å²) in [4.78, 5) is 20.1. The summed E-state index contributed by atoms with van der Waals surface area (Å²) in [5.41, 5.74) is 1.62. The highest BCUT2D eigenvalue weighted by molar-refractivity contribution is 8.47. The van der Waals surface area contributed by atoms with Crippen molar-refractivity contribution in [3.05, 3.63) is 37.4 Å². The summed E-state index contributed by atoms with van der Waals surface area (Å²) < 4.78 is 40.3. The van der Waals surface area contributed by atoms with Gasteiger partial charge in [-0.2, -0.15) is 13.2 Å². The van der Waals surface area contributed by atoms with Gasteiger partial charge in [-0.25, -0.2) is 0 Å². The quantitative estimate of drug-likeness (QED) is 0.264. The minimum Gasteiger partial charge on any atom is -0.330 e. The largest absolute Gasteiger partial charge is 0.418 e. The number of hydrogen-bond acceptors (Lipinski definition) is 8. The Morgan fingerprint density at radius 3 is 2.18 bits per heavy atom. The first kappa shape index (κ1) is 24.6. The van der Waals surface area contributed by atoms with Crippen molar-refractivity contribution in [1.82, 2.24) is 0 Å². The monoisotopic (exact) mass is 457 g/mol. The molecule has 28 heavy (non-hydrogen) atoms. The van der Waals surface area contributed by atoms with Gasteiger partial charge in [0.25, 0.3) is 11.4 Å². The Balaban J connectivity index is 3.79. The van der Waals surface area contributed by atoms with Gasteiger partial charge in [0.15, 0.2) is 0 Å². The molecule has 2 N–H and O–H groups in total. The third-order valence-electron chi connectivity index (χ3n) is 3.23. The van der Waals surface area contributed by atoms with Crippen LogP contribution in [0.1, 0.15) is 38.3 Å². The van der Waals surface area contributed by atoms with Gasteiger partial charge in [0.1, 0.15) is 14.0 Å².